The number of anilines is 1. The summed E-state index contributed by atoms with van der Waals surface area (Å²) in [5.41, 5.74) is 2.84. The van der Waals surface area contributed by atoms with Crippen LogP contribution >= 0.6 is 23.2 Å². The van der Waals surface area contributed by atoms with Crippen LogP contribution in [0.4, 0.5) is 36.6 Å². The van der Waals surface area contributed by atoms with E-state index in [0.717, 1.165) is 12.1 Å². The van der Waals surface area contributed by atoms with Crippen molar-refractivity contribution in [2.75, 3.05) is 5.32 Å². The fraction of sp³-hybridized carbons (Fsp3) is 0.316. The molecule has 4 N–H and O–H groups in total. The molecule has 202 valence electrons. The summed E-state index contributed by atoms with van der Waals surface area (Å²) in [6, 6.07) is 0.385. The summed E-state index contributed by atoms with van der Waals surface area (Å²) in [4.78, 5) is 32.2. The molecule has 18 heteroatoms. The molecule has 0 fully saturated rings. The minimum absolute atomic E-state index is 0.0399. The van der Waals surface area contributed by atoms with Gasteiger partial charge in [-0.1, -0.05) is 23.2 Å². The Morgan fingerprint density at radius 2 is 1.81 bits per heavy atom. The largest absolute Gasteiger partial charge is 0.490 e. The summed E-state index contributed by atoms with van der Waals surface area (Å²) in [6.07, 6.45) is -9.36. The van der Waals surface area contributed by atoms with Crippen LogP contribution in [0.1, 0.15) is 29.5 Å². The number of carbonyl (C=O) groups is 2. The summed E-state index contributed by atoms with van der Waals surface area (Å²) in [7, 11) is 0. The highest BCUT2D eigenvalue weighted by molar-refractivity contribution is 6.36. The first-order chi connectivity index (χ1) is 16.8. The first kappa shape index (κ1) is 29.8. The lowest BCUT2D eigenvalue weighted by molar-refractivity contribution is -0.192. The second kappa shape index (κ2) is 10.9. The molecule has 2 aromatic rings. The molecule has 9 nitrogen and oxygen atoms in total. The van der Waals surface area contributed by atoms with E-state index in [9.17, 15) is 35.5 Å². The maximum atomic E-state index is 14.5. The van der Waals surface area contributed by atoms with Gasteiger partial charge in [0.2, 0.25) is 0 Å². The van der Waals surface area contributed by atoms with Crippen LogP contribution in [0.3, 0.4) is 0 Å². The van der Waals surface area contributed by atoms with Gasteiger partial charge in [-0.15, -0.1) is 0 Å². The van der Waals surface area contributed by atoms with Crippen LogP contribution in [0.5, 0.6) is 0 Å². The number of carboxylic acids is 1. The van der Waals surface area contributed by atoms with Crippen LogP contribution in [-0.4, -0.2) is 51.4 Å². The van der Waals surface area contributed by atoms with Crippen LogP contribution in [0.15, 0.2) is 29.4 Å². The Morgan fingerprint density at radius 3 is 2.32 bits per heavy atom. The Hall–Kier alpha value is -3.40. The van der Waals surface area contributed by atoms with E-state index in [2.05, 4.69) is 20.3 Å². The third-order valence-electron chi connectivity index (χ3n) is 4.43. The average Bonchev–Trinajstić information content (AvgIpc) is 2.73. The monoisotopic (exact) mass is 579 g/mol. The highest BCUT2D eigenvalue weighted by Gasteiger charge is 2.50. The second-order valence-corrected chi connectivity index (χ2v) is 8.17. The number of alkyl halides is 6. The maximum absolute atomic E-state index is 14.5. The van der Waals surface area contributed by atoms with Gasteiger partial charge in [0.15, 0.2) is 11.6 Å². The van der Waals surface area contributed by atoms with E-state index in [1.165, 1.54) is 19.2 Å². The van der Waals surface area contributed by atoms with Crippen molar-refractivity contribution in [3.8, 4) is 0 Å². The van der Waals surface area contributed by atoms with Crippen molar-refractivity contribution in [2.45, 2.75) is 37.3 Å². The quantitative estimate of drug-likeness (QED) is 0.448. The average molecular weight is 580 g/mol. The van der Waals surface area contributed by atoms with E-state index in [1.807, 2.05) is 0 Å². The number of hydrogen-bond donors (Lipinski definition) is 3. The normalized spacial score (nSPS) is 19.6. The molecule has 0 bridgehead atoms. The minimum atomic E-state index is -5.08. The Balaban J connectivity index is 0.000000604. The molecule has 0 unspecified atom stereocenters. The van der Waals surface area contributed by atoms with Crippen LogP contribution in [0.25, 0.3) is 0 Å². The summed E-state index contributed by atoms with van der Waals surface area (Å²) in [5.74, 6) is -4.66. The minimum Gasteiger partial charge on any atom is -0.475 e. The topological polar surface area (TPSA) is 140 Å². The fourth-order valence-electron chi connectivity index (χ4n) is 2.84. The first-order valence-electron chi connectivity index (χ1n) is 9.52. The molecule has 3 rings (SSSR count). The predicted molar refractivity (Wildman–Crippen MR) is 115 cm³/mol. The van der Waals surface area contributed by atoms with Crippen LogP contribution in [-0.2, 0) is 15.1 Å². The number of aliphatic imine (C=N–C) groups is 1. The smallest absolute Gasteiger partial charge is 0.475 e. The predicted octanol–water partition coefficient (Wildman–Crippen LogP) is 4.69. The highest BCUT2D eigenvalue weighted by Crippen LogP contribution is 2.40. The molecule has 0 saturated carbocycles. The molecule has 0 spiro atoms. The van der Waals surface area contributed by atoms with Gasteiger partial charge in [-0.05, 0) is 25.1 Å². The van der Waals surface area contributed by atoms with Crippen molar-refractivity contribution in [1.82, 2.24) is 9.97 Å². The van der Waals surface area contributed by atoms with Gasteiger partial charge in [-0.3, -0.25) is 4.79 Å². The Labute approximate surface area is 212 Å². The number of halogens is 9. The molecule has 0 radical (unpaired) electrons. The molecule has 37 heavy (non-hydrogen) atoms. The lowest BCUT2D eigenvalue weighted by Crippen LogP contribution is -2.46. The number of hydrogen-bond acceptors (Lipinski definition) is 7. The van der Waals surface area contributed by atoms with Gasteiger partial charge in [0.1, 0.15) is 23.0 Å². The number of aliphatic carboxylic acids is 1. The molecule has 1 amide bonds. The van der Waals surface area contributed by atoms with Crippen molar-refractivity contribution in [1.29, 1.82) is 0 Å². The Kier molecular flexibility index (Phi) is 8.80. The lowest BCUT2D eigenvalue weighted by Gasteiger charge is -2.36. The van der Waals surface area contributed by atoms with Gasteiger partial charge in [0.05, 0.1) is 10.0 Å². The summed E-state index contributed by atoms with van der Waals surface area (Å²) in [6.45, 7) is 1.20. The molecular weight excluding hydrogens is 566 g/mol. The summed E-state index contributed by atoms with van der Waals surface area (Å²) in [5, 5.41) is 9.64. The van der Waals surface area contributed by atoms with E-state index < -0.39 is 59.8 Å². The van der Waals surface area contributed by atoms with E-state index in [0.29, 0.717) is 0 Å². The van der Waals surface area contributed by atoms with E-state index in [-0.39, 0.29) is 21.6 Å². The molecule has 3 heterocycles. The van der Waals surface area contributed by atoms with Crippen molar-refractivity contribution >= 4 is 46.9 Å². The van der Waals surface area contributed by atoms with E-state index in [1.54, 1.807) is 0 Å². The molecule has 1 aliphatic rings. The van der Waals surface area contributed by atoms with Gasteiger partial charge < -0.3 is 20.9 Å². The van der Waals surface area contributed by atoms with Crippen molar-refractivity contribution < 1.29 is 50.2 Å². The second-order valence-electron chi connectivity index (χ2n) is 7.33. The molecular formula is C19H14Cl2F7N5O4. The number of carboxylic acid groups (broad SMARTS) is 1. The SMILES string of the molecule is C[C@@]1(c2nc(NC(=O)c3ncc(Cl)cc3Cl)ccc2F)C[C@@H](C(F)(F)F)N=C(N)O1.O=C(O)C(F)(F)F. The number of ether oxygens (including phenoxy) is 1. The molecule has 0 aromatic carbocycles. The highest BCUT2D eigenvalue weighted by atomic mass is 35.5. The van der Waals surface area contributed by atoms with Gasteiger partial charge in [0, 0.05) is 12.6 Å². The van der Waals surface area contributed by atoms with Gasteiger partial charge in [0.25, 0.3) is 11.9 Å². The molecule has 0 aliphatic carbocycles. The first-order valence-corrected chi connectivity index (χ1v) is 10.3. The van der Waals surface area contributed by atoms with Crippen LogP contribution in [0, 0.1) is 5.82 Å². The van der Waals surface area contributed by atoms with E-state index >= 15 is 0 Å². The molecule has 0 saturated heterocycles. The number of rotatable bonds is 3. The van der Waals surface area contributed by atoms with Gasteiger partial charge in [-0.25, -0.2) is 24.1 Å². The van der Waals surface area contributed by atoms with Crippen LogP contribution < -0.4 is 11.1 Å². The zero-order valence-electron chi connectivity index (χ0n) is 18.1. The van der Waals surface area contributed by atoms with Gasteiger partial charge in [-0.2, -0.15) is 26.3 Å². The molecule has 1 aliphatic heterocycles. The maximum Gasteiger partial charge on any atom is 0.490 e. The number of aromatic nitrogens is 2. The zero-order valence-corrected chi connectivity index (χ0v) is 19.6. The fourth-order valence-corrected chi connectivity index (χ4v) is 3.31. The number of amides is 1. The number of nitrogens with two attached hydrogens (primary N) is 1. The zero-order chi connectivity index (χ0) is 28.3. The Bertz CT molecular complexity index is 1230. The molecule has 2 aromatic heterocycles. The third-order valence-corrected chi connectivity index (χ3v) is 4.92. The van der Waals surface area contributed by atoms with Gasteiger partial charge >= 0.3 is 18.3 Å². The van der Waals surface area contributed by atoms with Crippen molar-refractivity contribution in [3.63, 3.8) is 0 Å². The summed E-state index contributed by atoms with van der Waals surface area (Å²) < 4.78 is 90.9. The van der Waals surface area contributed by atoms with E-state index in [4.69, 9.17) is 43.6 Å². The third kappa shape index (κ3) is 7.79. The number of nitrogens with one attached hydrogen (secondary N) is 1. The van der Waals surface area contributed by atoms with Crippen molar-refractivity contribution in [3.05, 3.63) is 51.6 Å². The molecule has 2 atom stereocenters. The summed E-state index contributed by atoms with van der Waals surface area (Å²) >= 11 is 11.7. The Morgan fingerprint density at radius 1 is 1.22 bits per heavy atom. The standard InChI is InChI=1S/C17H13Cl2F4N5O2.C2HF3O2/c1-16(5-10(17(21,22)23)26-15(24)30-16)13-9(20)2-3-11(27-13)28-14(29)12-8(19)4-7(18)6-25-12;3-2(4,5)1(6)7/h2-4,6,10H,5H2,1H3,(H2,24,26)(H,27,28,29);(H,6,7)/t10-,16-;/m0./s1. The number of carbonyl (C=O) groups excluding carboxylic acids is 1. The van der Waals surface area contributed by atoms with Crippen LogP contribution in [0.2, 0.25) is 10.0 Å². The van der Waals surface area contributed by atoms with Crippen molar-refractivity contribution in [2.24, 2.45) is 10.7 Å². The lowest BCUT2D eigenvalue weighted by atomic mass is 9.91. The number of amidine groups is 1. The number of nitrogens with zero attached hydrogens (tertiary/aromatic N) is 3. The number of pyridine rings is 2.